The standard InChI is InChI=1S/C24H19F5N2O2/c25-19-18(20(26)22(28)23(29)21(19)27)24(32)31-12-10-30(11-13-31)16-6-8-17(9-7-16)33-14-15-4-2-1-3-5-15/h1-9H,10-14H2. The summed E-state index contributed by atoms with van der Waals surface area (Å²) in [5, 5.41) is 0. The van der Waals surface area contributed by atoms with Gasteiger partial charge in [0.2, 0.25) is 5.82 Å². The summed E-state index contributed by atoms with van der Waals surface area (Å²) in [6.45, 7) is 1.20. The molecule has 1 fully saturated rings. The molecule has 0 saturated carbocycles. The highest BCUT2D eigenvalue weighted by atomic mass is 19.2. The summed E-state index contributed by atoms with van der Waals surface area (Å²) in [6.07, 6.45) is 0. The van der Waals surface area contributed by atoms with Crippen LogP contribution in [0.4, 0.5) is 27.6 Å². The molecule has 1 aliphatic rings. The highest BCUT2D eigenvalue weighted by Gasteiger charge is 2.33. The fourth-order valence-electron chi connectivity index (χ4n) is 3.61. The van der Waals surface area contributed by atoms with Crippen molar-refractivity contribution in [1.29, 1.82) is 0 Å². The molecule has 172 valence electrons. The van der Waals surface area contributed by atoms with Crippen LogP contribution in [0.25, 0.3) is 0 Å². The largest absolute Gasteiger partial charge is 0.489 e. The minimum Gasteiger partial charge on any atom is -0.489 e. The second-order valence-corrected chi connectivity index (χ2v) is 7.49. The second kappa shape index (κ2) is 9.48. The van der Waals surface area contributed by atoms with Crippen LogP contribution in [0.3, 0.4) is 0 Å². The molecule has 0 N–H and O–H groups in total. The molecule has 33 heavy (non-hydrogen) atoms. The third-order valence-corrected chi connectivity index (χ3v) is 5.44. The zero-order valence-corrected chi connectivity index (χ0v) is 17.3. The third kappa shape index (κ3) is 4.62. The topological polar surface area (TPSA) is 32.8 Å². The van der Waals surface area contributed by atoms with Crippen molar-refractivity contribution in [1.82, 2.24) is 4.90 Å². The molecule has 0 atom stereocenters. The van der Waals surface area contributed by atoms with Crippen LogP contribution in [-0.2, 0) is 6.61 Å². The Hall–Kier alpha value is -3.62. The number of rotatable bonds is 5. The molecule has 1 heterocycles. The molecule has 0 radical (unpaired) electrons. The summed E-state index contributed by atoms with van der Waals surface area (Å²) in [6, 6.07) is 17.0. The minimum absolute atomic E-state index is 0.0601. The normalized spacial score (nSPS) is 13.8. The van der Waals surface area contributed by atoms with Gasteiger partial charge in [-0.05, 0) is 29.8 Å². The van der Waals surface area contributed by atoms with Crippen LogP contribution in [-0.4, -0.2) is 37.0 Å². The van der Waals surface area contributed by atoms with Crippen LogP contribution in [0.1, 0.15) is 15.9 Å². The van der Waals surface area contributed by atoms with E-state index >= 15 is 0 Å². The molecule has 1 saturated heterocycles. The fourth-order valence-corrected chi connectivity index (χ4v) is 3.61. The maximum Gasteiger partial charge on any atom is 0.260 e. The lowest BCUT2D eigenvalue weighted by Crippen LogP contribution is -2.49. The molecule has 0 spiro atoms. The number of nitrogens with zero attached hydrogens (tertiary/aromatic N) is 2. The van der Waals surface area contributed by atoms with E-state index in [9.17, 15) is 26.7 Å². The monoisotopic (exact) mass is 462 g/mol. The van der Waals surface area contributed by atoms with Crippen LogP contribution >= 0.6 is 0 Å². The van der Waals surface area contributed by atoms with Gasteiger partial charge in [-0.25, -0.2) is 22.0 Å². The first-order chi connectivity index (χ1) is 15.9. The first kappa shape index (κ1) is 22.6. The van der Waals surface area contributed by atoms with Gasteiger partial charge in [-0.15, -0.1) is 0 Å². The van der Waals surface area contributed by atoms with E-state index in [2.05, 4.69) is 0 Å². The lowest BCUT2D eigenvalue weighted by molar-refractivity contribution is 0.0733. The van der Waals surface area contributed by atoms with Gasteiger partial charge in [0, 0.05) is 31.9 Å². The van der Waals surface area contributed by atoms with Crippen molar-refractivity contribution >= 4 is 11.6 Å². The second-order valence-electron chi connectivity index (χ2n) is 7.49. The number of halogens is 5. The molecule has 4 nitrogen and oxygen atoms in total. The Morgan fingerprint density at radius 3 is 1.85 bits per heavy atom. The number of carbonyl (C=O) groups excluding carboxylic acids is 1. The fraction of sp³-hybridized carbons (Fsp3) is 0.208. The number of hydrogen-bond acceptors (Lipinski definition) is 3. The van der Waals surface area contributed by atoms with Gasteiger partial charge in [-0.3, -0.25) is 4.79 Å². The summed E-state index contributed by atoms with van der Waals surface area (Å²) in [7, 11) is 0. The van der Waals surface area contributed by atoms with E-state index in [1.807, 2.05) is 59.5 Å². The molecule has 3 aromatic rings. The molecule has 9 heteroatoms. The van der Waals surface area contributed by atoms with Crippen LogP contribution in [0.2, 0.25) is 0 Å². The number of piperazine rings is 1. The lowest BCUT2D eigenvalue weighted by atomic mass is 10.1. The van der Waals surface area contributed by atoms with E-state index in [0.29, 0.717) is 25.4 Å². The summed E-state index contributed by atoms with van der Waals surface area (Å²) in [5.41, 5.74) is 0.460. The SMILES string of the molecule is O=C(c1c(F)c(F)c(F)c(F)c1F)N1CCN(c2ccc(OCc3ccccc3)cc2)CC1. The zero-order valence-electron chi connectivity index (χ0n) is 17.3. The molecule has 4 rings (SSSR count). The Balaban J connectivity index is 1.38. The van der Waals surface area contributed by atoms with Gasteiger partial charge in [0.05, 0.1) is 0 Å². The number of benzene rings is 3. The van der Waals surface area contributed by atoms with Gasteiger partial charge in [0.1, 0.15) is 17.9 Å². The van der Waals surface area contributed by atoms with Crippen LogP contribution < -0.4 is 9.64 Å². The van der Waals surface area contributed by atoms with Crippen LogP contribution in [0, 0.1) is 29.1 Å². The Morgan fingerprint density at radius 2 is 1.27 bits per heavy atom. The minimum atomic E-state index is -2.29. The van der Waals surface area contributed by atoms with Gasteiger partial charge in [-0.1, -0.05) is 30.3 Å². The number of amides is 1. The first-order valence-electron chi connectivity index (χ1n) is 10.2. The van der Waals surface area contributed by atoms with E-state index in [0.717, 1.165) is 16.2 Å². The molecule has 0 bridgehead atoms. The summed E-state index contributed by atoms with van der Waals surface area (Å²) in [4.78, 5) is 15.5. The van der Waals surface area contributed by atoms with Crippen molar-refractivity contribution in [2.45, 2.75) is 6.61 Å². The Bertz CT molecular complexity index is 1120. The molecule has 1 aliphatic heterocycles. The molecule has 0 aliphatic carbocycles. The van der Waals surface area contributed by atoms with E-state index < -0.39 is 40.6 Å². The van der Waals surface area contributed by atoms with Crippen molar-refractivity contribution in [3.8, 4) is 5.75 Å². The van der Waals surface area contributed by atoms with Crippen molar-refractivity contribution in [2.75, 3.05) is 31.1 Å². The van der Waals surface area contributed by atoms with Crippen molar-refractivity contribution in [3.05, 3.63) is 94.8 Å². The average molecular weight is 462 g/mol. The predicted molar refractivity (Wildman–Crippen MR) is 112 cm³/mol. The van der Waals surface area contributed by atoms with Gasteiger partial charge in [0.25, 0.3) is 5.91 Å². The molecular weight excluding hydrogens is 443 g/mol. The van der Waals surface area contributed by atoms with E-state index in [1.54, 1.807) is 0 Å². The summed E-state index contributed by atoms with van der Waals surface area (Å²) >= 11 is 0. The van der Waals surface area contributed by atoms with Crippen molar-refractivity contribution in [3.63, 3.8) is 0 Å². The van der Waals surface area contributed by atoms with Gasteiger partial charge in [-0.2, -0.15) is 0 Å². The maximum absolute atomic E-state index is 14.0. The smallest absolute Gasteiger partial charge is 0.260 e. The Labute approximate surface area is 186 Å². The predicted octanol–water partition coefficient (Wildman–Crippen LogP) is 4.92. The third-order valence-electron chi connectivity index (χ3n) is 5.44. The average Bonchev–Trinajstić information content (AvgIpc) is 2.86. The molecular formula is C24H19F5N2O2. The molecule has 1 amide bonds. The van der Waals surface area contributed by atoms with Gasteiger partial charge < -0.3 is 14.5 Å². The highest BCUT2D eigenvalue weighted by molar-refractivity contribution is 5.95. The first-order valence-corrected chi connectivity index (χ1v) is 10.2. The van der Waals surface area contributed by atoms with E-state index in [4.69, 9.17) is 4.74 Å². The van der Waals surface area contributed by atoms with Crippen LogP contribution in [0.15, 0.2) is 54.6 Å². The van der Waals surface area contributed by atoms with Crippen molar-refractivity contribution in [2.24, 2.45) is 0 Å². The van der Waals surface area contributed by atoms with E-state index in [1.165, 1.54) is 0 Å². The van der Waals surface area contributed by atoms with E-state index in [-0.39, 0.29) is 13.1 Å². The number of ether oxygens (including phenoxy) is 1. The number of hydrogen-bond donors (Lipinski definition) is 0. The van der Waals surface area contributed by atoms with Crippen LogP contribution in [0.5, 0.6) is 5.75 Å². The van der Waals surface area contributed by atoms with Gasteiger partial charge >= 0.3 is 0 Å². The molecule has 3 aromatic carbocycles. The summed E-state index contributed by atoms with van der Waals surface area (Å²) in [5.74, 6) is -11.3. The number of carbonyl (C=O) groups is 1. The molecule has 0 unspecified atom stereocenters. The maximum atomic E-state index is 14.0. The Morgan fingerprint density at radius 1 is 0.727 bits per heavy atom. The summed E-state index contributed by atoms with van der Waals surface area (Å²) < 4.78 is 73.8. The van der Waals surface area contributed by atoms with Gasteiger partial charge in [0.15, 0.2) is 23.3 Å². The Kier molecular flexibility index (Phi) is 6.48. The lowest BCUT2D eigenvalue weighted by Gasteiger charge is -2.36. The van der Waals surface area contributed by atoms with Crippen molar-refractivity contribution < 1.29 is 31.5 Å². The molecule has 0 aromatic heterocycles. The highest BCUT2D eigenvalue weighted by Crippen LogP contribution is 2.26. The zero-order chi connectivity index (χ0) is 23.5. The quantitative estimate of drug-likeness (QED) is 0.307. The number of anilines is 1.